The number of H-pyrrole nitrogens is 1. The standard InChI is InChI=1S/C23H29FN8OS/c1-14(2)19-20(16-9-17(33-4)22-26-13-27-32(22)12-16)28-29-21(19)23-25-10-18(34-23)31-8-7-30(6-5-24)11-15(31)3/h9-10,12-15H,5-8,11H2,1-4H3,(H,28,29)/t15-/m1/s1. The minimum atomic E-state index is -0.298. The normalized spacial score (nSPS) is 17.2. The summed E-state index contributed by atoms with van der Waals surface area (Å²) in [6, 6.07) is 2.25. The lowest BCUT2D eigenvalue weighted by atomic mass is 9.97. The third-order valence-electron chi connectivity index (χ3n) is 6.32. The number of ether oxygens (including phenoxy) is 1. The van der Waals surface area contributed by atoms with Crippen LogP contribution in [0.15, 0.2) is 24.8 Å². The number of anilines is 1. The van der Waals surface area contributed by atoms with Gasteiger partial charge in [0.1, 0.15) is 23.0 Å². The fourth-order valence-electron chi connectivity index (χ4n) is 4.67. The van der Waals surface area contributed by atoms with Crippen molar-refractivity contribution in [3.63, 3.8) is 0 Å². The molecule has 1 aliphatic rings. The van der Waals surface area contributed by atoms with Gasteiger partial charge in [0.25, 0.3) is 0 Å². The van der Waals surface area contributed by atoms with Crippen molar-refractivity contribution in [2.24, 2.45) is 0 Å². The van der Waals surface area contributed by atoms with Crippen molar-refractivity contribution < 1.29 is 9.13 Å². The number of alkyl halides is 1. The molecular weight excluding hydrogens is 455 g/mol. The van der Waals surface area contributed by atoms with Crippen LogP contribution in [-0.4, -0.2) is 80.7 Å². The van der Waals surface area contributed by atoms with E-state index in [9.17, 15) is 4.39 Å². The Morgan fingerprint density at radius 2 is 2.15 bits per heavy atom. The highest BCUT2D eigenvalue weighted by Gasteiger charge is 2.27. The number of thiazole rings is 1. The first-order chi connectivity index (χ1) is 16.5. The number of aromatic nitrogens is 6. The summed E-state index contributed by atoms with van der Waals surface area (Å²) in [5, 5.41) is 14.2. The van der Waals surface area contributed by atoms with E-state index < -0.39 is 0 Å². The second-order valence-electron chi connectivity index (χ2n) is 8.88. The van der Waals surface area contributed by atoms with E-state index in [1.54, 1.807) is 23.0 Å². The summed E-state index contributed by atoms with van der Waals surface area (Å²) >= 11 is 1.66. The van der Waals surface area contributed by atoms with Crippen molar-refractivity contribution in [1.82, 2.24) is 34.7 Å². The first kappa shape index (κ1) is 22.7. The van der Waals surface area contributed by atoms with Gasteiger partial charge in [-0.2, -0.15) is 10.2 Å². The van der Waals surface area contributed by atoms with E-state index in [2.05, 4.69) is 50.9 Å². The van der Waals surface area contributed by atoms with Crippen molar-refractivity contribution in [2.75, 3.05) is 44.9 Å². The SMILES string of the molecule is COc1cc(-c2n[nH]c(-c3ncc(N4CCN(CCF)C[C@H]4C)s3)c2C(C)C)cn2ncnc12. The van der Waals surface area contributed by atoms with Crippen molar-refractivity contribution in [3.05, 3.63) is 30.4 Å². The van der Waals surface area contributed by atoms with E-state index in [0.717, 1.165) is 52.2 Å². The number of hydrogen-bond donors (Lipinski definition) is 1. The Morgan fingerprint density at radius 1 is 1.29 bits per heavy atom. The predicted octanol–water partition coefficient (Wildman–Crippen LogP) is 3.85. The third-order valence-corrected chi connectivity index (χ3v) is 7.37. The molecule has 1 N–H and O–H groups in total. The number of nitrogens with one attached hydrogen (secondary N) is 1. The summed E-state index contributed by atoms with van der Waals surface area (Å²) in [6.07, 6.45) is 5.37. The zero-order valence-electron chi connectivity index (χ0n) is 19.8. The average Bonchev–Trinajstić information content (AvgIpc) is 3.57. The second kappa shape index (κ2) is 9.30. The first-order valence-corrected chi connectivity index (χ1v) is 12.3. The van der Waals surface area contributed by atoms with Crippen molar-refractivity contribution in [2.45, 2.75) is 32.7 Å². The van der Waals surface area contributed by atoms with Crippen LogP contribution in [0.2, 0.25) is 0 Å². The number of aromatic amines is 1. The molecule has 0 radical (unpaired) electrons. The van der Waals surface area contributed by atoms with Gasteiger partial charge < -0.3 is 9.64 Å². The molecule has 0 aromatic carbocycles. The van der Waals surface area contributed by atoms with Crippen molar-refractivity contribution in [1.29, 1.82) is 0 Å². The van der Waals surface area contributed by atoms with Gasteiger partial charge in [0, 0.05) is 49.5 Å². The second-order valence-corrected chi connectivity index (χ2v) is 9.89. The summed E-state index contributed by atoms with van der Waals surface area (Å²) in [5.41, 5.74) is 4.45. The van der Waals surface area contributed by atoms with Crippen LogP contribution in [0.1, 0.15) is 32.3 Å². The minimum absolute atomic E-state index is 0.219. The minimum Gasteiger partial charge on any atom is -0.493 e. The average molecular weight is 485 g/mol. The van der Waals surface area contributed by atoms with Gasteiger partial charge in [-0.25, -0.2) is 18.9 Å². The molecule has 1 saturated heterocycles. The summed E-state index contributed by atoms with van der Waals surface area (Å²) < 4.78 is 20.0. The van der Waals surface area contributed by atoms with E-state index in [0.29, 0.717) is 24.0 Å². The van der Waals surface area contributed by atoms with Crippen LogP contribution in [-0.2, 0) is 0 Å². The van der Waals surface area contributed by atoms with E-state index in [1.807, 2.05) is 18.5 Å². The Balaban J connectivity index is 1.48. The zero-order chi connectivity index (χ0) is 23.8. The zero-order valence-corrected chi connectivity index (χ0v) is 20.6. The molecule has 4 aromatic rings. The molecule has 0 amide bonds. The molecule has 34 heavy (non-hydrogen) atoms. The molecule has 5 heterocycles. The van der Waals surface area contributed by atoms with Crippen LogP contribution in [0, 0.1) is 0 Å². The Kier molecular flexibility index (Phi) is 6.22. The van der Waals surface area contributed by atoms with Crippen LogP contribution in [0.4, 0.5) is 9.39 Å². The lowest BCUT2D eigenvalue weighted by Gasteiger charge is -2.39. The van der Waals surface area contributed by atoms with Crippen molar-refractivity contribution >= 4 is 22.0 Å². The van der Waals surface area contributed by atoms with Gasteiger partial charge >= 0.3 is 0 Å². The van der Waals surface area contributed by atoms with Gasteiger partial charge in [0.05, 0.1) is 24.7 Å². The highest BCUT2D eigenvalue weighted by atomic mass is 32.1. The van der Waals surface area contributed by atoms with Gasteiger partial charge in [-0.1, -0.05) is 25.2 Å². The molecular formula is C23H29FN8OS. The molecule has 0 bridgehead atoms. The van der Waals surface area contributed by atoms with Crippen LogP contribution >= 0.6 is 11.3 Å². The number of piperazine rings is 1. The van der Waals surface area contributed by atoms with E-state index in [-0.39, 0.29) is 12.6 Å². The molecule has 1 fully saturated rings. The molecule has 0 spiro atoms. The summed E-state index contributed by atoms with van der Waals surface area (Å²) in [7, 11) is 1.63. The molecule has 4 aromatic heterocycles. The maximum atomic E-state index is 12.8. The highest BCUT2D eigenvalue weighted by molar-refractivity contribution is 7.18. The largest absolute Gasteiger partial charge is 0.493 e. The predicted molar refractivity (Wildman–Crippen MR) is 132 cm³/mol. The summed E-state index contributed by atoms with van der Waals surface area (Å²) in [6.45, 7) is 9.29. The van der Waals surface area contributed by atoms with Crippen LogP contribution < -0.4 is 9.64 Å². The highest BCUT2D eigenvalue weighted by Crippen LogP contribution is 2.40. The Labute approximate surface area is 201 Å². The Bertz CT molecular complexity index is 1280. The lowest BCUT2D eigenvalue weighted by molar-refractivity contribution is 0.211. The summed E-state index contributed by atoms with van der Waals surface area (Å²) in [5.74, 6) is 0.864. The molecule has 0 unspecified atom stereocenters. The molecule has 180 valence electrons. The van der Waals surface area contributed by atoms with Gasteiger partial charge in [-0.3, -0.25) is 10.00 Å². The van der Waals surface area contributed by atoms with Gasteiger partial charge in [0.15, 0.2) is 11.4 Å². The van der Waals surface area contributed by atoms with Gasteiger partial charge in [0.2, 0.25) is 0 Å². The molecule has 0 saturated carbocycles. The number of rotatable bonds is 7. The number of hydrogen-bond acceptors (Lipinski definition) is 8. The Morgan fingerprint density at radius 3 is 2.88 bits per heavy atom. The number of nitrogens with zero attached hydrogens (tertiary/aromatic N) is 7. The molecule has 1 atom stereocenters. The molecule has 9 nitrogen and oxygen atoms in total. The monoisotopic (exact) mass is 484 g/mol. The van der Waals surface area contributed by atoms with Crippen LogP contribution in [0.3, 0.4) is 0 Å². The number of fused-ring (bicyclic) bond motifs is 1. The summed E-state index contributed by atoms with van der Waals surface area (Å²) in [4.78, 5) is 13.6. The molecule has 11 heteroatoms. The Hall–Kier alpha value is -3.05. The maximum Gasteiger partial charge on any atom is 0.197 e. The number of halogens is 1. The van der Waals surface area contributed by atoms with E-state index in [1.165, 1.54) is 6.33 Å². The smallest absolute Gasteiger partial charge is 0.197 e. The fraction of sp³-hybridized carbons (Fsp3) is 0.478. The number of pyridine rings is 1. The quantitative estimate of drug-likeness (QED) is 0.426. The van der Waals surface area contributed by atoms with Gasteiger partial charge in [-0.05, 0) is 18.9 Å². The lowest BCUT2D eigenvalue weighted by Crippen LogP contribution is -2.52. The van der Waals surface area contributed by atoms with Crippen LogP contribution in [0.5, 0.6) is 5.75 Å². The third kappa shape index (κ3) is 4.03. The topological polar surface area (TPSA) is 87.5 Å². The number of methoxy groups -OCH3 is 1. The van der Waals surface area contributed by atoms with Gasteiger partial charge in [-0.15, -0.1) is 0 Å². The first-order valence-electron chi connectivity index (χ1n) is 11.5. The van der Waals surface area contributed by atoms with E-state index >= 15 is 0 Å². The van der Waals surface area contributed by atoms with Crippen molar-refractivity contribution in [3.8, 4) is 27.7 Å². The maximum absolute atomic E-state index is 12.8. The molecule has 5 rings (SSSR count). The fourth-order valence-corrected chi connectivity index (χ4v) is 5.72. The molecule has 0 aliphatic carbocycles. The van der Waals surface area contributed by atoms with Crippen LogP contribution in [0.25, 0.3) is 27.6 Å². The van der Waals surface area contributed by atoms with E-state index in [4.69, 9.17) is 9.72 Å². The molecule has 1 aliphatic heterocycles.